The lowest BCUT2D eigenvalue weighted by Gasteiger charge is -2.64. The van der Waals surface area contributed by atoms with Crippen LogP contribution in [0.15, 0.2) is 36.4 Å². The molecule has 1 spiro atoms. The molecular formula is C26H26N2O2. The lowest BCUT2D eigenvalue weighted by molar-refractivity contribution is -0.0911. The molecule has 2 aliphatic carbocycles. The van der Waals surface area contributed by atoms with Crippen LogP contribution in [0.5, 0.6) is 11.5 Å². The number of benzene rings is 2. The Labute approximate surface area is 176 Å². The van der Waals surface area contributed by atoms with Gasteiger partial charge in [0.1, 0.15) is 0 Å². The Hall–Kier alpha value is -2.59. The third-order valence-corrected chi connectivity index (χ3v) is 9.01. The fourth-order valence-corrected chi connectivity index (χ4v) is 7.56. The summed E-state index contributed by atoms with van der Waals surface area (Å²) >= 11 is 0. The predicted molar refractivity (Wildman–Crippen MR) is 116 cm³/mol. The molecule has 30 heavy (non-hydrogen) atoms. The topological polar surface area (TPSA) is 45.6 Å². The molecule has 1 saturated heterocycles. The second kappa shape index (κ2) is 5.17. The van der Waals surface area contributed by atoms with E-state index in [1.807, 2.05) is 6.07 Å². The van der Waals surface area contributed by atoms with Crippen LogP contribution in [0, 0.1) is 12.3 Å². The van der Waals surface area contributed by atoms with Crippen molar-refractivity contribution in [3.05, 3.63) is 64.3 Å². The molecule has 7 rings (SSSR count). The lowest BCUT2D eigenvalue weighted by atomic mass is 9.44. The van der Waals surface area contributed by atoms with Crippen molar-refractivity contribution in [3.8, 4) is 11.5 Å². The van der Waals surface area contributed by atoms with Gasteiger partial charge in [-0.3, -0.25) is 0 Å². The molecule has 1 fully saturated rings. The molecule has 4 atom stereocenters. The van der Waals surface area contributed by atoms with Crippen molar-refractivity contribution < 1.29 is 9.84 Å². The normalized spacial score (nSPS) is 33.2. The Morgan fingerprint density at radius 3 is 2.90 bits per heavy atom. The van der Waals surface area contributed by atoms with Crippen LogP contribution in [0.4, 0.5) is 0 Å². The van der Waals surface area contributed by atoms with E-state index in [0.29, 0.717) is 11.8 Å². The van der Waals surface area contributed by atoms with Gasteiger partial charge in [0.05, 0.1) is 16.6 Å². The Bertz CT molecular complexity index is 1270. The van der Waals surface area contributed by atoms with Crippen LogP contribution in [-0.2, 0) is 18.3 Å². The van der Waals surface area contributed by atoms with Crippen LogP contribution < -0.4 is 4.74 Å². The van der Waals surface area contributed by atoms with Crippen molar-refractivity contribution in [2.24, 2.45) is 5.41 Å². The predicted octanol–water partition coefficient (Wildman–Crippen LogP) is 4.44. The van der Waals surface area contributed by atoms with Crippen LogP contribution in [0.2, 0.25) is 0 Å². The molecule has 4 aliphatic rings. The number of likely N-dealkylation sites (tertiary alicyclic amines) is 1. The molecule has 1 aromatic heterocycles. The van der Waals surface area contributed by atoms with Crippen molar-refractivity contribution in [2.75, 3.05) is 13.6 Å². The maximum atomic E-state index is 10.8. The van der Waals surface area contributed by atoms with Crippen molar-refractivity contribution in [2.45, 2.75) is 50.7 Å². The van der Waals surface area contributed by atoms with Gasteiger partial charge in [-0.15, -0.1) is 0 Å². The number of likely N-dealkylation sites (N-methyl/N-ethyl adjacent to an activating group) is 1. The maximum Gasteiger partial charge on any atom is 0.166 e. The van der Waals surface area contributed by atoms with Gasteiger partial charge >= 0.3 is 0 Å². The Morgan fingerprint density at radius 2 is 2.03 bits per heavy atom. The highest BCUT2D eigenvalue weighted by Gasteiger charge is 2.70. The second-order valence-electron chi connectivity index (χ2n) is 10.1. The Balaban J connectivity index is 1.61. The van der Waals surface area contributed by atoms with Crippen LogP contribution in [0.1, 0.15) is 47.4 Å². The van der Waals surface area contributed by atoms with Gasteiger partial charge in [-0.25, -0.2) is 4.98 Å². The number of phenolic OH excluding ortho intramolecular Hbond substituents is 1. The number of piperidine rings is 1. The van der Waals surface area contributed by atoms with Gasteiger partial charge in [0.2, 0.25) is 0 Å². The van der Waals surface area contributed by atoms with Gasteiger partial charge in [0, 0.05) is 22.4 Å². The van der Waals surface area contributed by atoms with Crippen LogP contribution >= 0.6 is 0 Å². The minimum atomic E-state index is -0.131. The van der Waals surface area contributed by atoms with Gasteiger partial charge in [0.15, 0.2) is 17.6 Å². The van der Waals surface area contributed by atoms with Crippen LogP contribution in [-0.4, -0.2) is 34.6 Å². The van der Waals surface area contributed by atoms with Crippen molar-refractivity contribution in [1.29, 1.82) is 0 Å². The molecule has 152 valence electrons. The smallest absolute Gasteiger partial charge is 0.166 e. The summed E-state index contributed by atoms with van der Waals surface area (Å²) in [6, 6.07) is 12.9. The monoisotopic (exact) mass is 398 g/mol. The number of aromatic hydroxyl groups is 1. The number of fused-ring (bicyclic) bond motifs is 3. The average Bonchev–Trinajstić information content (AvgIpc) is 3.09. The zero-order valence-corrected chi connectivity index (χ0v) is 17.7. The number of pyridine rings is 1. The lowest BCUT2D eigenvalue weighted by Crippen LogP contribution is -2.68. The molecule has 0 radical (unpaired) electrons. The van der Waals surface area contributed by atoms with E-state index in [2.05, 4.69) is 56.1 Å². The number of hydrogen-bond acceptors (Lipinski definition) is 4. The number of rotatable bonds is 0. The largest absolute Gasteiger partial charge is 0.504 e. The standard InChI is InChI=1S/C26H26N2O2/c1-14-16-6-4-5-7-18(16)27-22-17(14)13-25(2)20-12-15-8-9-19(29)23-21(15)26(25,24(22)30-23)10-11-28(20)3/h4-9,20,24,29H,10-13H2,1-3H3/t20-,24+,25+,26+/m1/s1. The first-order valence-corrected chi connectivity index (χ1v) is 11.1. The summed E-state index contributed by atoms with van der Waals surface area (Å²) in [4.78, 5) is 7.75. The maximum absolute atomic E-state index is 10.8. The number of aromatic nitrogens is 1. The summed E-state index contributed by atoms with van der Waals surface area (Å²) in [5, 5.41) is 12.0. The first kappa shape index (κ1) is 17.1. The van der Waals surface area contributed by atoms with Crippen LogP contribution in [0.3, 0.4) is 0 Å². The van der Waals surface area contributed by atoms with E-state index in [1.165, 1.54) is 27.6 Å². The van der Waals surface area contributed by atoms with Crippen LogP contribution in [0.25, 0.3) is 10.9 Å². The van der Waals surface area contributed by atoms with Gasteiger partial charge in [-0.05, 0) is 68.6 Å². The quantitative estimate of drug-likeness (QED) is 0.608. The molecule has 1 N–H and O–H groups in total. The minimum Gasteiger partial charge on any atom is -0.504 e. The minimum absolute atomic E-state index is 0.0403. The summed E-state index contributed by atoms with van der Waals surface area (Å²) < 4.78 is 6.71. The van der Waals surface area contributed by atoms with Crippen molar-refractivity contribution in [3.63, 3.8) is 0 Å². The molecule has 0 amide bonds. The summed E-state index contributed by atoms with van der Waals surface area (Å²) in [6.07, 6.45) is 2.93. The SMILES string of the molecule is Cc1c2c(nc3ccccc13)[C@@H]1Oc3c(O)ccc4c3[C@@]13CCN(C)[C@H](C4)[C@]3(C)C2. The van der Waals surface area contributed by atoms with Gasteiger partial charge in [0.25, 0.3) is 0 Å². The highest BCUT2D eigenvalue weighted by atomic mass is 16.5. The number of aryl methyl sites for hydroxylation is 1. The summed E-state index contributed by atoms with van der Waals surface area (Å²) in [5.41, 5.74) is 7.36. The van der Waals surface area contributed by atoms with Gasteiger partial charge in [-0.2, -0.15) is 0 Å². The molecule has 3 heterocycles. The molecule has 0 saturated carbocycles. The second-order valence-corrected chi connectivity index (χ2v) is 10.1. The van der Waals surface area contributed by atoms with Crippen molar-refractivity contribution in [1.82, 2.24) is 9.88 Å². The number of phenols is 1. The van der Waals surface area contributed by atoms with Crippen molar-refractivity contribution >= 4 is 10.9 Å². The number of nitrogens with zero attached hydrogens (tertiary/aromatic N) is 2. The number of hydrogen-bond donors (Lipinski definition) is 1. The van der Waals surface area contributed by atoms with Gasteiger partial charge < -0.3 is 14.7 Å². The van der Waals surface area contributed by atoms with E-state index in [4.69, 9.17) is 9.72 Å². The molecule has 4 heteroatoms. The average molecular weight is 399 g/mol. The van der Waals surface area contributed by atoms with E-state index in [1.54, 1.807) is 0 Å². The van der Waals surface area contributed by atoms with E-state index >= 15 is 0 Å². The molecule has 3 aromatic rings. The third-order valence-electron chi connectivity index (χ3n) is 9.01. The highest BCUT2D eigenvalue weighted by molar-refractivity contribution is 5.84. The zero-order chi connectivity index (χ0) is 20.4. The molecule has 0 unspecified atom stereocenters. The summed E-state index contributed by atoms with van der Waals surface area (Å²) in [7, 11) is 2.28. The molecule has 2 aromatic carbocycles. The Morgan fingerprint density at radius 1 is 1.20 bits per heavy atom. The molecular weight excluding hydrogens is 372 g/mol. The van der Waals surface area contributed by atoms with E-state index in [9.17, 15) is 5.11 Å². The molecule has 2 aliphatic heterocycles. The fourth-order valence-electron chi connectivity index (χ4n) is 7.56. The highest BCUT2D eigenvalue weighted by Crippen LogP contribution is 2.71. The number of ether oxygens (including phenoxy) is 1. The first-order chi connectivity index (χ1) is 14.5. The summed E-state index contributed by atoms with van der Waals surface area (Å²) in [5.74, 6) is 0.989. The van der Waals surface area contributed by atoms with E-state index in [-0.39, 0.29) is 22.7 Å². The van der Waals surface area contributed by atoms with E-state index in [0.717, 1.165) is 37.0 Å². The first-order valence-electron chi connectivity index (χ1n) is 11.1. The third kappa shape index (κ3) is 1.66. The van der Waals surface area contributed by atoms with E-state index < -0.39 is 0 Å². The molecule has 2 bridgehead atoms. The zero-order valence-electron chi connectivity index (χ0n) is 17.7. The fraction of sp³-hybridized carbons (Fsp3) is 0.423. The Kier molecular flexibility index (Phi) is 2.95. The molecule has 4 nitrogen and oxygen atoms in total. The van der Waals surface area contributed by atoms with Gasteiger partial charge in [-0.1, -0.05) is 31.2 Å². The summed E-state index contributed by atoms with van der Waals surface area (Å²) in [6.45, 7) is 5.78. The number of para-hydroxylation sites is 1.